The number of rotatable bonds is 5. The van der Waals surface area contributed by atoms with Gasteiger partial charge in [-0.05, 0) is 24.5 Å². The van der Waals surface area contributed by atoms with Crippen molar-refractivity contribution in [3.8, 4) is 5.75 Å². The maximum Gasteiger partial charge on any atom is 0.341 e. The highest BCUT2D eigenvalue weighted by molar-refractivity contribution is 6.00. The van der Waals surface area contributed by atoms with Crippen molar-refractivity contribution >= 4 is 28.7 Å². The van der Waals surface area contributed by atoms with E-state index >= 15 is 0 Å². The van der Waals surface area contributed by atoms with E-state index in [0.717, 1.165) is 40.7 Å². The quantitative estimate of drug-likeness (QED) is 0.634. The van der Waals surface area contributed by atoms with Crippen LogP contribution >= 0.6 is 0 Å². The first-order valence-electron chi connectivity index (χ1n) is 9.21. The van der Waals surface area contributed by atoms with E-state index in [2.05, 4.69) is 10.3 Å². The number of benzene rings is 2. The standard InChI is InChI=1S/C21H21N3O4/c25-18(26)13-28-17-10-4-8-15-16-9-5-11-24(20(16)23-19(15)17)21(27)22-12-14-6-2-1-3-7-14/h1-4,6-8,10,23H,5,9,11-13H2,(H,22,27)(H,25,26). The van der Waals surface area contributed by atoms with Crippen LogP contribution in [-0.4, -0.2) is 35.2 Å². The maximum absolute atomic E-state index is 12.8. The van der Waals surface area contributed by atoms with Gasteiger partial charge in [-0.15, -0.1) is 0 Å². The molecular weight excluding hydrogens is 358 g/mol. The highest BCUT2D eigenvalue weighted by Gasteiger charge is 2.27. The van der Waals surface area contributed by atoms with Crippen molar-refractivity contribution in [2.45, 2.75) is 19.4 Å². The van der Waals surface area contributed by atoms with Gasteiger partial charge in [0.2, 0.25) is 0 Å². The number of carboxylic acids is 1. The van der Waals surface area contributed by atoms with Crippen molar-refractivity contribution in [1.29, 1.82) is 0 Å². The van der Waals surface area contributed by atoms with Gasteiger partial charge in [-0.2, -0.15) is 0 Å². The van der Waals surface area contributed by atoms with Crippen molar-refractivity contribution in [1.82, 2.24) is 10.3 Å². The molecule has 0 radical (unpaired) electrons. The molecule has 0 spiro atoms. The molecule has 0 saturated carbocycles. The Morgan fingerprint density at radius 3 is 2.75 bits per heavy atom. The summed E-state index contributed by atoms with van der Waals surface area (Å²) in [6.07, 6.45) is 1.71. The summed E-state index contributed by atoms with van der Waals surface area (Å²) < 4.78 is 5.41. The van der Waals surface area contributed by atoms with Crippen LogP contribution in [0, 0.1) is 0 Å². The van der Waals surface area contributed by atoms with Gasteiger partial charge in [0.25, 0.3) is 0 Å². The molecular formula is C21H21N3O4. The van der Waals surface area contributed by atoms with Crippen LogP contribution in [0.1, 0.15) is 17.5 Å². The van der Waals surface area contributed by atoms with Crippen molar-refractivity contribution in [3.05, 3.63) is 59.7 Å². The number of nitrogens with one attached hydrogen (secondary N) is 2. The van der Waals surface area contributed by atoms with Crippen LogP contribution in [0.15, 0.2) is 48.5 Å². The molecule has 0 bridgehead atoms. The molecule has 7 nitrogen and oxygen atoms in total. The fourth-order valence-electron chi connectivity index (χ4n) is 3.57. The van der Waals surface area contributed by atoms with Crippen LogP contribution in [0.3, 0.4) is 0 Å². The SMILES string of the molecule is O=C(O)COc1cccc2c3c([nH]c12)N(C(=O)NCc1ccccc1)CCC3. The van der Waals surface area contributed by atoms with Gasteiger partial charge in [-0.3, -0.25) is 4.90 Å². The predicted octanol–water partition coefficient (Wildman–Crippen LogP) is 3.29. The number of carboxylic acid groups (broad SMARTS) is 1. The Morgan fingerprint density at radius 2 is 1.96 bits per heavy atom. The van der Waals surface area contributed by atoms with Crippen LogP contribution in [0.2, 0.25) is 0 Å². The highest BCUT2D eigenvalue weighted by atomic mass is 16.5. The van der Waals surface area contributed by atoms with Crippen LogP contribution in [0.4, 0.5) is 10.6 Å². The van der Waals surface area contributed by atoms with Crippen LogP contribution in [0.25, 0.3) is 10.9 Å². The van der Waals surface area contributed by atoms with E-state index in [-0.39, 0.29) is 6.03 Å². The third kappa shape index (κ3) is 3.51. The van der Waals surface area contributed by atoms with E-state index in [1.807, 2.05) is 42.5 Å². The van der Waals surface area contributed by atoms with Crippen LogP contribution < -0.4 is 15.0 Å². The number of aromatic amines is 1. The molecule has 2 aromatic carbocycles. The normalized spacial score (nSPS) is 13.2. The van der Waals surface area contributed by atoms with Crippen molar-refractivity contribution in [3.63, 3.8) is 0 Å². The lowest BCUT2D eigenvalue weighted by Gasteiger charge is -2.27. The zero-order valence-electron chi connectivity index (χ0n) is 15.3. The van der Waals surface area contributed by atoms with Crippen LogP contribution in [0.5, 0.6) is 5.75 Å². The number of aromatic nitrogens is 1. The summed E-state index contributed by atoms with van der Waals surface area (Å²) in [5.74, 6) is 0.187. The molecule has 0 aliphatic carbocycles. The summed E-state index contributed by atoms with van der Waals surface area (Å²) in [6.45, 7) is 0.661. The second kappa shape index (κ2) is 7.64. The minimum Gasteiger partial charge on any atom is -0.480 e. The molecule has 0 saturated heterocycles. The number of H-pyrrole nitrogens is 1. The number of hydrogen-bond acceptors (Lipinski definition) is 3. The molecule has 3 N–H and O–H groups in total. The zero-order chi connectivity index (χ0) is 19.5. The average molecular weight is 379 g/mol. The van der Waals surface area contributed by atoms with E-state index in [4.69, 9.17) is 9.84 Å². The minimum atomic E-state index is -1.03. The summed E-state index contributed by atoms with van der Waals surface area (Å²) in [5, 5.41) is 12.8. The lowest BCUT2D eigenvalue weighted by molar-refractivity contribution is -0.139. The van der Waals surface area contributed by atoms with Gasteiger partial charge in [0.15, 0.2) is 6.61 Å². The molecule has 7 heteroatoms. The fraction of sp³-hybridized carbons (Fsp3) is 0.238. The molecule has 2 heterocycles. The van der Waals surface area contributed by atoms with E-state index in [9.17, 15) is 9.59 Å². The van der Waals surface area contributed by atoms with Gasteiger partial charge >= 0.3 is 12.0 Å². The van der Waals surface area contributed by atoms with E-state index < -0.39 is 12.6 Å². The van der Waals surface area contributed by atoms with Gasteiger partial charge in [0, 0.05) is 24.0 Å². The summed E-state index contributed by atoms with van der Waals surface area (Å²) in [4.78, 5) is 28.6. The Kier molecular flexibility index (Phi) is 4.89. The second-order valence-electron chi connectivity index (χ2n) is 6.71. The first-order chi connectivity index (χ1) is 13.6. The number of carbonyl (C=O) groups is 2. The topological polar surface area (TPSA) is 94.7 Å². The molecule has 1 aliphatic heterocycles. The largest absolute Gasteiger partial charge is 0.480 e. The number of aryl methyl sites for hydroxylation is 1. The molecule has 144 valence electrons. The number of fused-ring (bicyclic) bond motifs is 3. The lowest BCUT2D eigenvalue weighted by Crippen LogP contribution is -2.42. The van der Waals surface area contributed by atoms with Gasteiger partial charge in [0.05, 0.1) is 5.52 Å². The molecule has 0 atom stereocenters. The molecule has 0 fully saturated rings. The second-order valence-corrected chi connectivity index (χ2v) is 6.71. The summed E-state index contributed by atoms with van der Waals surface area (Å²) in [6, 6.07) is 15.1. The minimum absolute atomic E-state index is 0.163. The molecule has 1 aliphatic rings. The van der Waals surface area contributed by atoms with E-state index in [1.54, 1.807) is 11.0 Å². The molecule has 0 unspecified atom stereocenters. The number of ether oxygens (including phenoxy) is 1. The Balaban J connectivity index is 1.59. The van der Waals surface area contributed by atoms with E-state index in [0.29, 0.717) is 18.8 Å². The van der Waals surface area contributed by atoms with Crippen molar-refractivity contribution in [2.75, 3.05) is 18.1 Å². The smallest absolute Gasteiger partial charge is 0.341 e. The number of anilines is 1. The molecule has 28 heavy (non-hydrogen) atoms. The Bertz CT molecular complexity index is 1010. The van der Waals surface area contributed by atoms with Crippen molar-refractivity contribution in [2.24, 2.45) is 0 Å². The Labute approximate surface area is 161 Å². The first kappa shape index (κ1) is 17.9. The monoisotopic (exact) mass is 379 g/mol. The average Bonchev–Trinajstić information content (AvgIpc) is 3.10. The Morgan fingerprint density at radius 1 is 1.14 bits per heavy atom. The van der Waals surface area contributed by atoms with Gasteiger partial charge in [0.1, 0.15) is 11.6 Å². The maximum atomic E-state index is 12.8. The summed E-state index contributed by atoms with van der Waals surface area (Å²) in [7, 11) is 0. The summed E-state index contributed by atoms with van der Waals surface area (Å²) in [5.41, 5.74) is 2.81. The van der Waals surface area contributed by atoms with Crippen LogP contribution in [-0.2, 0) is 17.8 Å². The number of amides is 2. The fourth-order valence-corrected chi connectivity index (χ4v) is 3.57. The number of urea groups is 1. The molecule has 2 amide bonds. The van der Waals surface area contributed by atoms with Gasteiger partial charge in [-0.25, -0.2) is 9.59 Å². The summed E-state index contributed by atoms with van der Waals surface area (Å²) >= 11 is 0. The molecule has 1 aromatic heterocycles. The third-order valence-electron chi connectivity index (χ3n) is 4.84. The molecule has 3 aromatic rings. The lowest BCUT2D eigenvalue weighted by atomic mass is 10.0. The predicted molar refractivity (Wildman–Crippen MR) is 106 cm³/mol. The van der Waals surface area contributed by atoms with Gasteiger partial charge in [-0.1, -0.05) is 42.5 Å². The highest BCUT2D eigenvalue weighted by Crippen LogP contribution is 2.37. The third-order valence-corrected chi connectivity index (χ3v) is 4.84. The zero-order valence-corrected chi connectivity index (χ0v) is 15.3. The number of hydrogen-bond donors (Lipinski definition) is 3. The van der Waals surface area contributed by atoms with E-state index in [1.165, 1.54) is 0 Å². The number of aliphatic carboxylic acids is 1. The molecule has 4 rings (SSSR count). The number of para-hydroxylation sites is 1. The number of carbonyl (C=O) groups excluding carboxylic acids is 1. The van der Waals surface area contributed by atoms with Gasteiger partial charge < -0.3 is 20.1 Å². The number of nitrogens with zero attached hydrogens (tertiary/aromatic N) is 1. The Hall–Kier alpha value is -3.48. The first-order valence-corrected chi connectivity index (χ1v) is 9.21. The van der Waals surface area contributed by atoms with Crippen molar-refractivity contribution < 1.29 is 19.4 Å².